The minimum Gasteiger partial charge on any atom is -0.459 e. The first-order chi connectivity index (χ1) is 14.4. The molecular weight excluding hydrogens is 427 g/mol. The summed E-state index contributed by atoms with van der Waals surface area (Å²) in [6, 6.07) is 10.1. The molecule has 0 spiro atoms. The molecule has 3 N–H and O–H groups in total. The molecule has 1 aromatic heterocycles. The highest BCUT2D eigenvalue weighted by atomic mass is 35.5. The summed E-state index contributed by atoms with van der Waals surface area (Å²) in [6.07, 6.45) is 2.80. The zero-order valence-corrected chi connectivity index (χ0v) is 17.1. The van der Waals surface area contributed by atoms with Crippen LogP contribution in [0, 0.1) is 11.3 Å². The molecule has 9 heteroatoms. The molecule has 152 valence electrons. The van der Waals surface area contributed by atoms with Gasteiger partial charge in [-0.2, -0.15) is 5.26 Å². The Morgan fingerprint density at radius 3 is 2.77 bits per heavy atom. The number of ketones is 1. The highest BCUT2D eigenvalue weighted by Gasteiger charge is 2.41. The van der Waals surface area contributed by atoms with Gasteiger partial charge in [-0.3, -0.25) is 15.0 Å². The first kappa shape index (κ1) is 20.1. The van der Waals surface area contributed by atoms with Crippen molar-refractivity contribution in [3.63, 3.8) is 0 Å². The first-order valence-corrected chi connectivity index (χ1v) is 9.93. The summed E-state index contributed by atoms with van der Waals surface area (Å²) >= 11 is 12.4. The molecule has 0 saturated carbocycles. The third kappa shape index (κ3) is 3.34. The van der Waals surface area contributed by atoms with E-state index in [2.05, 4.69) is 11.5 Å². The van der Waals surface area contributed by atoms with Gasteiger partial charge in [-0.05, 0) is 42.7 Å². The Kier molecular flexibility index (Phi) is 5.29. The van der Waals surface area contributed by atoms with Crippen LogP contribution in [0.1, 0.15) is 41.3 Å². The quantitative estimate of drug-likeness (QED) is 0.741. The molecule has 1 aliphatic heterocycles. The van der Waals surface area contributed by atoms with Gasteiger partial charge < -0.3 is 10.2 Å². The molecule has 1 unspecified atom stereocenters. The van der Waals surface area contributed by atoms with Crippen LogP contribution >= 0.6 is 23.2 Å². The lowest BCUT2D eigenvalue weighted by Crippen LogP contribution is -2.48. The molecule has 7 nitrogen and oxygen atoms in total. The van der Waals surface area contributed by atoms with E-state index in [-0.39, 0.29) is 22.9 Å². The predicted molar refractivity (Wildman–Crippen MR) is 110 cm³/mol. The molecular formula is C21H16Cl2N4O3. The Bertz CT molecular complexity index is 1150. The van der Waals surface area contributed by atoms with E-state index in [4.69, 9.17) is 33.4 Å². The van der Waals surface area contributed by atoms with Gasteiger partial charge in [0.1, 0.15) is 5.82 Å². The topological polar surface area (TPSA) is 112 Å². The Balaban J connectivity index is 1.86. The van der Waals surface area contributed by atoms with Gasteiger partial charge in [0, 0.05) is 27.7 Å². The number of nitrogens with two attached hydrogens (primary N) is 1. The first-order valence-electron chi connectivity index (χ1n) is 9.18. The molecule has 2 heterocycles. The van der Waals surface area contributed by atoms with Gasteiger partial charge in [0.15, 0.2) is 11.5 Å². The van der Waals surface area contributed by atoms with Crippen molar-refractivity contribution in [3.8, 4) is 6.07 Å². The number of allylic oxidation sites excluding steroid dienone is 3. The number of furan rings is 1. The minimum absolute atomic E-state index is 0.0295. The van der Waals surface area contributed by atoms with Gasteiger partial charge in [-0.25, -0.2) is 5.01 Å². The van der Waals surface area contributed by atoms with E-state index in [1.165, 1.54) is 17.3 Å². The van der Waals surface area contributed by atoms with E-state index in [9.17, 15) is 14.9 Å². The molecule has 1 amide bonds. The van der Waals surface area contributed by atoms with Crippen LogP contribution in [-0.4, -0.2) is 16.7 Å². The predicted octanol–water partition coefficient (Wildman–Crippen LogP) is 4.03. The van der Waals surface area contributed by atoms with Crippen LogP contribution in [0.15, 0.2) is 63.7 Å². The number of hydrogen-bond donors (Lipinski definition) is 2. The number of nitrogens with one attached hydrogen (secondary N) is 1. The number of nitrogens with zero attached hydrogens (tertiary/aromatic N) is 2. The lowest BCUT2D eigenvalue weighted by Gasteiger charge is -2.39. The van der Waals surface area contributed by atoms with Gasteiger partial charge in [0.05, 0.1) is 23.8 Å². The van der Waals surface area contributed by atoms with Crippen molar-refractivity contribution in [2.75, 3.05) is 0 Å². The van der Waals surface area contributed by atoms with Crippen LogP contribution in [0.2, 0.25) is 10.0 Å². The van der Waals surface area contributed by atoms with E-state index >= 15 is 0 Å². The van der Waals surface area contributed by atoms with E-state index < -0.39 is 11.8 Å². The molecule has 1 aliphatic carbocycles. The maximum Gasteiger partial charge on any atom is 0.305 e. The highest BCUT2D eigenvalue weighted by molar-refractivity contribution is 6.35. The Morgan fingerprint density at radius 2 is 2.10 bits per heavy atom. The Morgan fingerprint density at radius 1 is 1.30 bits per heavy atom. The smallest absolute Gasteiger partial charge is 0.305 e. The zero-order valence-electron chi connectivity index (χ0n) is 15.6. The number of rotatable bonds is 3. The maximum atomic E-state index is 13.0. The minimum atomic E-state index is -0.737. The Hall–Kier alpha value is -3.21. The zero-order chi connectivity index (χ0) is 21.4. The summed E-state index contributed by atoms with van der Waals surface area (Å²) in [5, 5.41) is 12.0. The standard InChI is InChI=1S/C21H16Cl2N4O3/c22-11-6-7-12(14(23)9-11)18-13(10-24)20(25)27(15-3-1-4-16(28)19(15)18)26-21(29)17-5-2-8-30-17/h2,5-9,18H,1,3-4,25H2,(H,26,29). The normalized spacial score (nSPS) is 18.9. The molecule has 30 heavy (non-hydrogen) atoms. The number of amides is 1. The molecule has 0 saturated heterocycles. The van der Waals surface area contributed by atoms with Gasteiger partial charge >= 0.3 is 5.91 Å². The maximum absolute atomic E-state index is 13.0. The molecule has 0 bridgehead atoms. The van der Waals surface area contributed by atoms with Crippen molar-refractivity contribution in [2.45, 2.75) is 25.2 Å². The summed E-state index contributed by atoms with van der Waals surface area (Å²) in [7, 11) is 0. The Labute approximate surface area is 182 Å². The number of hydrazine groups is 1. The van der Waals surface area contributed by atoms with E-state index in [1.807, 2.05) is 0 Å². The second kappa shape index (κ2) is 7.90. The monoisotopic (exact) mass is 442 g/mol. The molecule has 0 radical (unpaired) electrons. The number of nitriles is 1. The molecule has 0 fully saturated rings. The van der Waals surface area contributed by atoms with Crippen LogP contribution in [0.3, 0.4) is 0 Å². The number of hydrogen-bond acceptors (Lipinski definition) is 6. The van der Waals surface area contributed by atoms with Crippen molar-refractivity contribution >= 4 is 34.9 Å². The highest BCUT2D eigenvalue weighted by Crippen LogP contribution is 2.46. The number of carbonyl (C=O) groups excluding carboxylic acids is 2. The largest absolute Gasteiger partial charge is 0.459 e. The van der Waals surface area contributed by atoms with Gasteiger partial charge in [-0.1, -0.05) is 29.3 Å². The number of carbonyl (C=O) groups is 2. The van der Waals surface area contributed by atoms with Crippen LogP contribution in [-0.2, 0) is 4.79 Å². The van der Waals surface area contributed by atoms with Crippen LogP contribution in [0.25, 0.3) is 0 Å². The fraction of sp³-hybridized carbons (Fsp3) is 0.190. The molecule has 2 aromatic rings. The summed E-state index contributed by atoms with van der Waals surface area (Å²) in [6.45, 7) is 0. The van der Waals surface area contributed by atoms with Crippen LogP contribution in [0.5, 0.6) is 0 Å². The molecule has 1 aromatic carbocycles. The second-order valence-electron chi connectivity index (χ2n) is 6.90. The average Bonchev–Trinajstić information content (AvgIpc) is 3.25. The summed E-state index contributed by atoms with van der Waals surface area (Å²) < 4.78 is 5.13. The fourth-order valence-electron chi connectivity index (χ4n) is 3.83. The van der Waals surface area contributed by atoms with Crippen LogP contribution < -0.4 is 11.2 Å². The SMILES string of the molecule is N#CC1=C(N)N(NC(=O)c2ccco2)C2=C(C(=O)CCC2)C1c1ccc(Cl)cc1Cl. The third-order valence-electron chi connectivity index (χ3n) is 5.15. The number of Topliss-reactive ketones (excluding diaryl/α,β-unsaturated/α-hetero) is 1. The summed E-state index contributed by atoms with van der Waals surface area (Å²) in [5.41, 5.74) is 10.6. The summed E-state index contributed by atoms with van der Waals surface area (Å²) in [5.74, 6) is -1.30. The fourth-order valence-corrected chi connectivity index (χ4v) is 4.34. The van der Waals surface area contributed by atoms with Gasteiger partial charge in [0.25, 0.3) is 0 Å². The van der Waals surface area contributed by atoms with Crippen molar-refractivity contribution < 1.29 is 14.0 Å². The average molecular weight is 443 g/mol. The van der Waals surface area contributed by atoms with E-state index in [0.29, 0.717) is 46.1 Å². The number of benzene rings is 1. The van der Waals surface area contributed by atoms with Gasteiger partial charge in [-0.15, -0.1) is 0 Å². The lowest BCUT2D eigenvalue weighted by atomic mass is 9.76. The molecule has 2 aliphatic rings. The lowest BCUT2D eigenvalue weighted by molar-refractivity contribution is -0.116. The summed E-state index contributed by atoms with van der Waals surface area (Å²) in [4.78, 5) is 25.5. The van der Waals surface area contributed by atoms with Crippen molar-refractivity contribution in [2.24, 2.45) is 5.73 Å². The second-order valence-corrected chi connectivity index (χ2v) is 7.74. The van der Waals surface area contributed by atoms with E-state index in [1.54, 1.807) is 24.3 Å². The third-order valence-corrected chi connectivity index (χ3v) is 5.71. The molecule has 1 atom stereocenters. The van der Waals surface area contributed by atoms with Crippen LogP contribution in [0.4, 0.5) is 0 Å². The van der Waals surface area contributed by atoms with E-state index in [0.717, 1.165) is 0 Å². The van der Waals surface area contributed by atoms with Crippen molar-refractivity contribution in [1.29, 1.82) is 5.26 Å². The van der Waals surface area contributed by atoms with Gasteiger partial charge in [0.2, 0.25) is 0 Å². The van der Waals surface area contributed by atoms with Crippen molar-refractivity contribution in [1.82, 2.24) is 10.4 Å². The number of halogens is 2. The van der Waals surface area contributed by atoms with Crippen molar-refractivity contribution in [3.05, 3.63) is 80.6 Å². The molecule has 4 rings (SSSR count).